The highest BCUT2D eigenvalue weighted by Gasteiger charge is 2.26. The third-order valence-corrected chi connectivity index (χ3v) is 4.24. The number of nitrogens with zero attached hydrogens (tertiary/aromatic N) is 5. The van der Waals surface area contributed by atoms with E-state index in [2.05, 4.69) is 25.3 Å². The van der Waals surface area contributed by atoms with Gasteiger partial charge >= 0.3 is 0 Å². The Balaban J connectivity index is 1.67. The molecule has 1 aliphatic rings. The van der Waals surface area contributed by atoms with Crippen molar-refractivity contribution in [2.75, 3.05) is 11.9 Å². The number of nitrogens with one attached hydrogen (secondary N) is 1. The van der Waals surface area contributed by atoms with Crippen LogP contribution in [0.2, 0.25) is 0 Å². The van der Waals surface area contributed by atoms with Gasteiger partial charge in [-0.05, 0) is 32.8 Å². The van der Waals surface area contributed by atoms with Crippen LogP contribution in [-0.2, 0) is 17.8 Å². The summed E-state index contributed by atoms with van der Waals surface area (Å²) in [5.41, 5.74) is 2.19. The molecule has 0 saturated heterocycles. The van der Waals surface area contributed by atoms with Crippen molar-refractivity contribution in [2.45, 2.75) is 45.8 Å². The first-order chi connectivity index (χ1) is 11.1. The van der Waals surface area contributed by atoms with Gasteiger partial charge in [-0.25, -0.2) is 14.6 Å². The Morgan fingerprint density at radius 1 is 1.35 bits per heavy atom. The molecule has 0 fully saturated rings. The molecule has 0 saturated carbocycles. The summed E-state index contributed by atoms with van der Waals surface area (Å²) in [7, 11) is 0. The topological polar surface area (TPSA) is 75.9 Å². The van der Waals surface area contributed by atoms with Gasteiger partial charge in [0.05, 0.1) is 17.9 Å². The molecule has 122 valence electrons. The van der Waals surface area contributed by atoms with Crippen LogP contribution in [0.15, 0.2) is 24.8 Å². The van der Waals surface area contributed by atoms with E-state index >= 15 is 0 Å². The van der Waals surface area contributed by atoms with Crippen LogP contribution in [0.25, 0.3) is 0 Å². The van der Waals surface area contributed by atoms with Crippen molar-refractivity contribution < 1.29 is 4.79 Å². The highest BCUT2D eigenvalue weighted by Crippen LogP contribution is 2.19. The Bertz CT molecular complexity index is 695. The van der Waals surface area contributed by atoms with Gasteiger partial charge in [0, 0.05) is 31.4 Å². The molecule has 2 aromatic rings. The third kappa shape index (κ3) is 3.24. The second-order valence-corrected chi connectivity index (χ2v) is 6.14. The number of carbonyl (C=O) groups is 1. The van der Waals surface area contributed by atoms with Gasteiger partial charge in [-0.2, -0.15) is 5.10 Å². The lowest BCUT2D eigenvalue weighted by molar-refractivity contribution is -0.121. The van der Waals surface area contributed by atoms with Crippen LogP contribution in [0.3, 0.4) is 0 Å². The van der Waals surface area contributed by atoms with E-state index in [4.69, 9.17) is 0 Å². The smallest absolute Gasteiger partial charge is 0.242 e. The molecule has 0 unspecified atom stereocenters. The van der Waals surface area contributed by atoms with Gasteiger partial charge in [0.25, 0.3) is 0 Å². The molecule has 1 atom stereocenters. The van der Waals surface area contributed by atoms with Crippen LogP contribution >= 0.6 is 0 Å². The Hall–Kier alpha value is -2.28. The Labute approximate surface area is 135 Å². The van der Waals surface area contributed by atoms with E-state index in [1.807, 2.05) is 37.7 Å². The lowest BCUT2D eigenvalue weighted by Crippen LogP contribution is -2.45. The maximum atomic E-state index is 12.6. The average Bonchev–Trinajstić information content (AvgIpc) is 3.02. The van der Waals surface area contributed by atoms with Gasteiger partial charge in [-0.15, -0.1) is 0 Å². The van der Waals surface area contributed by atoms with Gasteiger partial charge in [-0.3, -0.25) is 9.69 Å². The van der Waals surface area contributed by atoms with E-state index in [0.29, 0.717) is 6.54 Å². The molecule has 23 heavy (non-hydrogen) atoms. The summed E-state index contributed by atoms with van der Waals surface area (Å²) >= 11 is 0. The first-order valence-corrected chi connectivity index (χ1v) is 7.92. The van der Waals surface area contributed by atoms with Gasteiger partial charge in [0.1, 0.15) is 12.1 Å². The van der Waals surface area contributed by atoms with E-state index in [-0.39, 0.29) is 18.0 Å². The maximum absolute atomic E-state index is 12.6. The Morgan fingerprint density at radius 2 is 2.17 bits per heavy atom. The van der Waals surface area contributed by atoms with Crippen molar-refractivity contribution in [1.29, 1.82) is 0 Å². The average molecular weight is 314 g/mol. The summed E-state index contributed by atoms with van der Waals surface area (Å²) in [5.74, 6) is 0.710. The lowest BCUT2D eigenvalue weighted by Gasteiger charge is -2.32. The molecule has 0 aliphatic carbocycles. The van der Waals surface area contributed by atoms with Crippen LogP contribution in [-0.4, -0.2) is 43.1 Å². The minimum atomic E-state index is -0.228. The summed E-state index contributed by atoms with van der Waals surface area (Å²) in [5, 5.41) is 7.22. The number of fused-ring (bicyclic) bond motifs is 1. The SMILES string of the molecule is CC(C)n1nccc1NC(=O)[C@@H](C)N1CCc2cncnc2C1. The maximum Gasteiger partial charge on any atom is 0.242 e. The molecule has 0 radical (unpaired) electrons. The van der Waals surface area contributed by atoms with Crippen molar-refractivity contribution in [3.63, 3.8) is 0 Å². The number of hydrogen-bond acceptors (Lipinski definition) is 5. The predicted molar refractivity (Wildman–Crippen MR) is 86.8 cm³/mol. The summed E-state index contributed by atoms with van der Waals surface area (Å²) in [6, 6.07) is 1.80. The highest BCUT2D eigenvalue weighted by atomic mass is 16.2. The number of carbonyl (C=O) groups excluding carboxylic acids is 1. The molecule has 7 nitrogen and oxygen atoms in total. The van der Waals surface area contributed by atoms with Crippen LogP contribution in [0.1, 0.15) is 38.1 Å². The molecule has 1 N–H and O–H groups in total. The number of anilines is 1. The second-order valence-electron chi connectivity index (χ2n) is 6.14. The van der Waals surface area contributed by atoms with E-state index in [1.54, 1.807) is 12.5 Å². The van der Waals surface area contributed by atoms with E-state index in [1.165, 1.54) is 5.56 Å². The minimum absolute atomic E-state index is 0.0232. The monoisotopic (exact) mass is 314 g/mol. The molecule has 0 aromatic carbocycles. The van der Waals surface area contributed by atoms with E-state index in [0.717, 1.165) is 24.5 Å². The fourth-order valence-electron chi connectivity index (χ4n) is 2.82. The lowest BCUT2D eigenvalue weighted by atomic mass is 10.1. The third-order valence-electron chi connectivity index (χ3n) is 4.24. The number of rotatable bonds is 4. The normalized spacial score (nSPS) is 16.2. The number of hydrogen-bond donors (Lipinski definition) is 1. The van der Waals surface area contributed by atoms with Crippen molar-refractivity contribution in [3.8, 4) is 0 Å². The van der Waals surface area contributed by atoms with Crippen LogP contribution in [0, 0.1) is 0 Å². The zero-order valence-corrected chi connectivity index (χ0v) is 13.7. The van der Waals surface area contributed by atoms with E-state index < -0.39 is 0 Å². The molecule has 2 aromatic heterocycles. The summed E-state index contributed by atoms with van der Waals surface area (Å²) in [6.45, 7) is 7.51. The van der Waals surface area contributed by atoms with E-state index in [9.17, 15) is 4.79 Å². The van der Waals surface area contributed by atoms with Gasteiger partial charge in [-0.1, -0.05) is 0 Å². The van der Waals surface area contributed by atoms with Crippen molar-refractivity contribution in [1.82, 2.24) is 24.6 Å². The first-order valence-electron chi connectivity index (χ1n) is 7.92. The fraction of sp³-hybridized carbons (Fsp3) is 0.500. The zero-order chi connectivity index (χ0) is 16.4. The van der Waals surface area contributed by atoms with Crippen LogP contribution in [0.4, 0.5) is 5.82 Å². The van der Waals surface area contributed by atoms with Gasteiger partial charge in [0.15, 0.2) is 0 Å². The molecule has 3 rings (SSSR count). The summed E-state index contributed by atoms with van der Waals surface area (Å²) in [4.78, 5) is 23.1. The predicted octanol–water partition coefficient (Wildman–Crippen LogP) is 1.64. The molecular formula is C16H22N6O. The van der Waals surface area contributed by atoms with Gasteiger partial charge < -0.3 is 5.32 Å². The number of amides is 1. The molecule has 7 heteroatoms. The number of aromatic nitrogens is 4. The van der Waals surface area contributed by atoms with Crippen LogP contribution in [0.5, 0.6) is 0 Å². The first kappa shape index (κ1) is 15.6. The molecule has 3 heterocycles. The standard InChI is InChI=1S/C16H22N6O/c1-11(2)22-15(4-6-19-22)20-16(23)12(3)21-7-5-13-8-17-10-18-14(13)9-21/h4,6,8,10-12H,5,7,9H2,1-3H3,(H,20,23)/t12-/m1/s1. The Kier molecular flexibility index (Phi) is 4.38. The molecule has 1 aliphatic heterocycles. The van der Waals surface area contributed by atoms with Crippen molar-refractivity contribution >= 4 is 11.7 Å². The minimum Gasteiger partial charge on any atom is -0.310 e. The summed E-state index contributed by atoms with van der Waals surface area (Å²) < 4.78 is 1.81. The Morgan fingerprint density at radius 3 is 2.96 bits per heavy atom. The van der Waals surface area contributed by atoms with Crippen LogP contribution < -0.4 is 5.32 Å². The molecule has 0 spiro atoms. The van der Waals surface area contributed by atoms with Crippen molar-refractivity contribution in [2.24, 2.45) is 0 Å². The molecule has 1 amide bonds. The molecular weight excluding hydrogens is 292 g/mol. The second kappa shape index (κ2) is 6.45. The molecule has 0 bridgehead atoms. The highest BCUT2D eigenvalue weighted by molar-refractivity contribution is 5.93. The summed E-state index contributed by atoms with van der Waals surface area (Å²) in [6.07, 6.45) is 6.01. The zero-order valence-electron chi connectivity index (χ0n) is 13.7. The largest absolute Gasteiger partial charge is 0.310 e. The van der Waals surface area contributed by atoms with Crippen molar-refractivity contribution in [3.05, 3.63) is 36.0 Å². The fourth-order valence-corrected chi connectivity index (χ4v) is 2.82. The van der Waals surface area contributed by atoms with Gasteiger partial charge in [0.2, 0.25) is 5.91 Å². The quantitative estimate of drug-likeness (QED) is 0.928.